The minimum atomic E-state index is -0.809. The minimum absolute atomic E-state index is 0.0756. The molecule has 1 aromatic carbocycles. The zero-order chi connectivity index (χ0) is 11.1. The van der Waals surface area contributed by atoms with E-state index >= 15 is 0 Å². The van der Waals surface area contributed by atoms with Gasteiger partial charge in [-0.25, -0.2) is 4.39 Å². The Morgan fingerprint density at radius 2 is 1.75 bits per heavy atom. The third kappa shape index (κ3) is 1.68. The predicted molar refractivity (Wildman–Crippen MR) is 56.6 cm³/mol. The molecule has 0 bridgehead atoms. The summed E-state index contributed by atoms with van der Waals surface area (Å²) in [6, 6.07) is 3.24. The van der Waals surface area contributed by atoms with Crippen molar-refractivity contribution in [2.45, 2.75) is 44.1 Å². The first-order valence-electron chi connectivity index (χ1n) is 5.90. The van der Waals surface area contributed by atoms with Crippen LogP contribution in [0.1, 0.15) is 43.6 Å². The van der Waals surface area contributed by atoms with Gasteiger partial charge in [-0.15, -0.1) is 0 Å². The normalized spacial score (nSPS) is 20.6. The summed E-state index contributed by atoms with van der Waals surface area (Å²) in [5.41, 5.74) is 0.512. The van der Waals surface area contributed by atoms with Crippen molar-refractivity contribution >= 4 is 0 Å². The molecule has 0 unspecified atom stereocenters. The van der Waals surface area contributed by atoms with E-state index in [-0.39, 0.29) is 17.8 Å². The van der Waals surface area contributed by atoms with Crippen LogP contribution in [0.5, 0.6) is 5.75 Å². The van der Waals surface area contributed by atoms with Crippen LogP contribution in [0.15, 0.2) is 12.1 Å². The van der Waals surface area contributed by atoms with Crippen LogP contribution < -0.4 is 4.74 Å². The van der Waals surface area contributed by atoms with E-state index in [1.54, 1.807) is 12.1 Å². The average molecular weight is 224 g/mol. The summed E-state index contributed by atoms with van der Waals surface area (Å²) in [5.74, 6) is -1.21. The molecule has 2 aliphatic rings. The molecule has 3 rings (SSSR count). The molecule has 0 heterocycles. The van der Waals surface area contributed by atoms with E-state index in [0.717, 1.165) is 32.1 Å². The molecule has 2 saturated carbocycles. The average Bonchev–Trinajstić information content (AvgIpc) is 3.01. The summed E-state index contributed by atoms with van der Waals surface area (Å²) in [6.45, 7) is 0. The molecule has 0 saturated heterocycles. The Morgan fingerprint density at radius 3 is 2.31 bits per heavy atom. The fourth-order valence-electron chi connectivity index (χ4n) is 2.02. The van der Waals surface area contributed by atoms with Gasteiger partial charge in [0.25, 0.3) is 0 Å². The molecule has 0 aromatic heterocycles. The minimum Gasteiger partial charge on any atom is -0.487 e. The van der Waals surface area contributed by atoms with E-state index in [1.165, 1.54) is 0 Å². The van der Waals surface area contributed by atoms with Crippen LogP contribution in [0.2, 0.25) is 0 Å². The van der Waals surface area contributed by atoms with Crippen molar-refractivity contribution in [3.63, 3.8) is 0 Å². The molecule has 3 heteroatoms. The van der Waals surface area contributed by atoms with Crippen molar-refractivity contribution in [1.82, 2.24) is 0 Å². The van der Waals surface area contributed by atoms with Crippen molar-refractivity contribution in [2.24, 2.45) is 0 Å². The molecule has 0 radical (unpaired) electrons. The number of rotatable bonds is 3. The Labute approximate surface area is 93.4 Å². The van der Waals surface area contributed by atoms with E-state index in [1.807, 2.05) is 0 Å². The van der Waals surface area contributed by atoms with Crippen LogP contribution in [0.4, 0.5) is 8.78 Å². The van der Waals surface area contributed by atoms with Crippen LogP contribution in [0.25, 0.3) is 0 Å². The van der Waals surface area contributed by atoms with E-state index in [0.29, 0.717) is 5.56 Å². The van der Waals surface area contributed by atoms with Crippen LogP contribution in [-0.4, -0.2) is 6.10 Å². The molecule has 2 aliphatic carbocycles. The summed E-state index contributed by atoms with van der Waals surface area (Å²) in [7, 11) is 0. The maximum atomic E-state index is 13.7. The highest BCUT2D eigenvalue weighted by molar-refractivity contribution is 5.35. The van der Waals surface area contributed by atoms with Crippen molar-refractivity contribution in [3.05, 3.63) is 29.3 Å². The second-order valence-electron chi connectivity index (χ2n) is 4.73. The lowest BCUT2D eigenvalue weighted by atomic mass is 9.96. The predicted octanol–water partition coefficient (Wildman–Crippen LogP) is 3.77. The lowest BCUT2D eigenvalue weighted by Crippen LogP contribution is -2.25. The number of hydrogen-bond acceptors (Lipinski definition) is 1. The number of hydrogen-bond donors (Lipinski definition) is 0. The van der Waals surface area contributed by atoms with Crippen LogP contribution in [0, 0.1) is 11.6 Å². The van der Waals surface area contributed by atoms with Crippen molar-refractivity contribution in [2.75, 3.05) is 0 Å². The molecule has 0 N–H and O–H groups in total. The van der Waals surface area contributed by atoms with Gasteiger partial charge in [0.15, 0.2) is 11.6 Å². The highest BCUT2D eigenvalue weighted by Gasteiger charge is 2.30. The van der Waals surface area contributed by atoms with Gasteiger partial charge >= 0.3 is 0 Å². The van der Waals surface area contributed by atoms with E-state index in [4.69, 9.17) is 4.74 Å². The van der Waals surface area contributed by atoms with Gasteiger partial charge in [0.1, 0.15) is 0 Å². The van der Waals surface area contributed by atoms with E-state index in [9.17, 15) is 8.78 Å². The molecule has 1 aromatic rings. The van der Waals surface area contributed by atoms with Gasteiger partial charge < -0.3 is 4.74 Å². The van der Waals surface area contributed by atoms with E-state index < -0.39 is 11.6 Å². The van der Waals surface area contributed by atoms with Gasteiger partial charge in [-0.05, 0) is 49.7 Å². The fourth-order valence-corrected chi connectivity index (χ4v) is 2.02. The molecule has 0 spiro atoms. The SMILES string of the molecule is Fc1c(OC2CCC2)ccc(C2CC2)c1F. The molecular formula is C13H14F2O. The Kier molecular flexibility index (Phi) is 2.34. The van der Waals surface area contributed by atoms with Gasteiger partial charge in [-0.1, -0.05) is 6.07 Å². The summed E-state index contributed by atoms with van der Waals surface area (Å²) < 4.78 is 32.7. The summed E-state index contributed by atoms with van der Waals surface area (Å²) in [6.07, 6.45) is 5.05. The summed E-state index contributed by atoms with van der Waals surface area (Å²) in [5, 5.41) is 0. The zero-order valence-electron chi connectivity index (χ0n) is 9.01. The smallest absolute Gasteiger partial charge is 0.200 e. The van der Waals surface area contributed by atoms with Gasteiger partial charge in [0.05, 0.1) is 6.10 Å². The van der Waals surface area contributed by atoms with Gasteiger partial charge in [0, 0.05) is 0 Å². The van der Waals surface area contributed by atoms with E-state index in [2.05, 4.69) is 0 Å². The number of ether oxygens (including phenoxy) is 1. The second-order valence-corrected chi connectivity index (χ2v) is 4.73. The molecule has 1 nitrogen and oxygen atoms in total. The number of benzene rings is 1. The Hall–Kier alpha value is -1.12. The van der Waals surface area contributed by atoms with Gasteiger partial charge in [-0.3, -0.25) is 0 Å². The first-order valence-corrected chi connectivity index (χ1v) is 5.90. The Bertz CT molecular complexity index is 409. The summed E-state index contributed by atoms with van der Waals surface area (Å²) in [4.78, 5) is 0. The molecule has 86 valence electrons. The van der Waals surface area contributed by atoms with Crippen molar-refractivity contribution < 1.29 is 13.5 Å². The van der Waals surface area contributed by atoms with Crippen molar-refractivity contribution in [1.29, 1.82) is 0 Å². The second kappa shape index (κ2) is 3.72. The lowest BCUT2D eigenvalue weighted by molar-refractivity contribution is 0.114. The molecule has 0 aliphatic heterocycles. The molecule has 0 amide bonds. The number of halogens is 2. The highest BCUT2D eigenvalue weighted by atomic mass is 19.2. The maximum absolute atomic E-state index is 13.7. The first-order chi connectivity index (χ1) is 7.75. The van der Waals surface area contributed by atoms with Crippen LogP contribution in [-0.2, 0) is 0 Å². The Morgan fingerprint density at radius 1 is 1.00 bits per heavy atom. The molecule has 2 fully saturated rings. The third-order valence-corrected chi connectivity index (χ3v) is 3.44. The van der Waals surface area contributed by atoms with Gasteiger partial charge in [0.2, 0.25) is 5.82 Å². The van der Waals surface area contributed by atoms with Crippen molar-refractivity contribution in [3.8, 4) is 5.75 Å². The zero-order valence-corrected chi connectivity index (χ0v) is 9.01. The standard InChI is InChI=1S/C13H14F2O/c14-12-10(8-4-5-8)6-7-11(13(12)15)16-9-2-1-3-9/h6-9H,1-5H2. The highest BCUT2D eigenvalue weighted by Crippen LogP contribution is 2.43. The molecule has 0 atom stereocenters. The molecular weight excluding hydrogens is 210 g/mol. The largest absolute Gasteiger partial charge is 0.487 e. The Balaban J connectivity index is 1.85. The fraction of sp³-hybridized carbons (Fsp3) is 0.538. The lowest BCUT2D eigenvalue weighted by Gasteiger charge is -2.26. The third-order valence-electron chi connectivity index (χ3n) is 3.44. The maximum Gasteiger partial charge on any atom is 0.200 e. The van der Waals surface area contributed by atoms with Gasteiger partial charge in [-0.2, -0.15) is 4.39 Å². The quantitative estimate of drug-likeness (QED) is 0.759. The summed E-state index contributed by atoms with van der Waals surface area (Å²) >= 11 is 0. The molecule has 16 heavy (non-hydrogen) atoms. The first kappa shape index (κ1) is 10.1. The van der Waals surface area contributed by atoms with Crippen LogP contribution in [0.3, 0.4) is 0 Å². The van der Waals surface area contributed by atoms with Crippen LogP contribution >= 0.6 is 0 Å². The topological polar surface area (TPSA) is 9.23 Å². The monoisotopic (exact) mass is 224 g/mol.